The van der Waals surface area contributed by atoms with Gasteiger partial charge in [0.05, 0.1) is 22.9 Å². The summed E-state index contributed by atoms with van der Waals surface area (Å²) < 4.78 is 23.0. The molecule has 1 fully saturated rings. The average molecular weight is 315 g/mol. The molecule has 3 atom stereocenters. The molecule has 1 saturated heterocycles. The van der Waals surface area contributed by atoms with Gasteiger partial charge in [0.1, 0.15) is 0 Å². The highest BCUT2D eigenvalue weighted by atomic mass is 32.2. The summed E-state index contributed by atoms with van der Waals surface area (Å²) >= 11 is 1.45. The molecule has 1 heterocycles. The fraction of sp³-hybridized carbons (Fsp3) is 0.571. The molecule has 0 aliphatic carbocycles. The van der Waals surface area contributed by atoms with Gasteiger partial charge in [-0.15, -0.1) is 11.8 Å². The van der Waals surface area contributed by atoms with Crippen LogP contribution in [0.15, 0.2) is 29.2 Å². The number of benzene rings is 1. The van der Waals surface area contributed by atoms with Crippen molar-refractivity contribution < 1.29 is 13.5 Å². The number of rotatable bonds is 5. The lowest BCUT2D eigenvalue weighted by Crippen LogP contribution is -2.20. The smallest absolute Gasteiger partial charge is 0.154 e. The third-order valence-corrected chi connectivity index (χ3v) is 6.71. The maximum absolute atomic E-state index is 11.5. The van der Waals surface area contributed by atoms with Gasteiger partial charge >= 0.3 is 0 Å². The van der Waals surface area contributed by atoms with Crippen molar-refractivity contribution in [3.8, 4) is 0 Å². The van der Waals surface area contributed by atoms with Gasteiger partial charge in [-0.3, -0.25) is 0 Å². The number of sulfone groups is 1. The quantitative estimate of drug-likeness (QED) is 0.864. The van der Waals surface area contributed by atoms with E-state index in [-0.39, 0.29) is 16.8 Å². The Bertz CT molecular complexity index is 542. The first-order valence-electron chi connectivity index (χ1n) is 6.80. The first kappa shape index (κ1) is 15.8. The van der Waals surface area contributed by atoms with E-state index < -0.39 is 15.9 Å². The molecule has 4 nitrogen and oxygen atoms in total. The molecule has 20 heavy (non-hydrogen) atoms. The Morgan fingerprint density at radius 1 is 1.35 bits per heavy atom. The molecule has 0 bridgehead atoms. The van der Waals surface area contributed by atoms with Gasteiger partial charge in [0.25, 0.3) is 0 Å². The van der Waals surface area contributed by atoms with Crippen LogP contribution in [0, 0.1) is 0 Å². The summed E-state index contributed by atoms with van der Waals surface area (Å²) in [6.45, 7) is 5.10. The zero-order chi connectivity index (χ0) is 14.8. The number of hydrogen-bond acceptors (Lipinski definition) is 5. The fourth-order valence-electron chi connectivity index (χ4n) is 2.34. The first-order valence-corrected chi connectivity index (χ1v) is 9.50. The Morgan fingerprint density at radius 3 is 2.50 bits per heavy atom. The highest BCUT2D eigenvalue weighted by molar-refractivity contribution is 8.02. The van der Waals surface area contributed by atoms with Gasteiger partial charge < -0.3 is 10.4 Å². The maximum Gasteiger partial charge on any atom is 0.154 e. The molecule has 0 saturated carbocycles. The summed E-state index contributed by atoms with van der Waals surface area (Å²) in [4.78, 5) is 0.999. The van der Waals surface area contributed by atoms with Gasteiger partial charge in [0.2, 0.25) is 0 Å². The molecule has 2 N–H and O–H groups in total. The van der Waals surface area contributed by atoms with Gasteiger partial charge in [0, 0.05) is 10.9 Å². The van der Waals surface area contributed by atoms with E-state index in [1.807, 2.05) is 24.3 Å². The van der Waals surface area contributed by atoms with Gasteiger partial charge in [-0.05, 0) is 31.2 Å². The third-order valence-electron chi connectivity index (χ3n) is 3.45. The first-order chi connectivity index (χ1) is 9.41. The molecule has 1 aromatic carbocycles. The molecule has 1 aliphatic rings. The van der Waals surface area contributed by atoms with Crippen LogP contribution in [0.1, 0.15) is 25.5 Å². The predicted octanol–water partition coefficient (Wildman–Crippen LogP) is 1.61. The van der Waals surface area contributed by atoms with E-state index in [9.17, 15) is 13.5 Å². The number of nitrogens with one attached hydrogen (secondary N) is 1. The summed E-state index contributed by atoms with van der Waals surface area (Å²) in [5, 5.41) is 12.9. The molecule has 0 aromatic heterocycles. The van der Waals surface area contributed by atoms with Gasteiger partial charge in [-0.1, -0.05) is 19.1 Å². The second-order valence-electron chi connectivity index (χ2n) is 5.15. The van der Waals surface area contributed by atoms with Crippen molar-refractivity contribution in [1.29, 1.82) is 0 Å². The van der Waals surface area contributed by atoms with Crippen molar-refractivity contribution >= 4 is 21.6 Å². The predicted molar refractivity (Wildman–Crippen MR) is 82.8 cm³/mol. The maximum atomic E-state index is 11.5. The third kappa shape index (κ3) is 3.97. The van der Waals surface area contributed by atoms with Crippen LogP contribution in [0.3, 0.4) is 0 Å². The minimum Gasteiger partial charge on any atom is -0.391 e. The zero-order valence-corrected chi connectivity index (χ0v) is 13.4. The van der Waals surface area contributed by atoms with Crippen molar-refractivity contribution in [1.82, 2.24) is 5.32 Å². The van der Waals surface area contributed by atoms with Crippen LogP contribution in [-0.4, -0.2) is 42.9 Å². The van der Waals surface area contributed by atoms with Crippen molar-refractivity contribution in [3.05, 3.63) is 29.8 Å². The number of thioether (sulfide) groups is 1. The minimum atomic E-state index is -3.07. The summed E-state index contributed by atoms with van der Waals surface area (Å²) in [6, 6.07) is 8.38. The van der Waals surface area contributed by atoms with E-state index in [2.05, 4.69) is 19.2 Å². The molecule has 0 spiro atoms. The van der Waals surface area contributed by atoms with E-state index in [0.717, 1.165) is 11.4 Å². The van der Waals surface area contributed by atoms with Crippen LogP contribution in [0.25, 0.3) is 0 Å². The normalized spacial score (nSPS) is 26.6. The highest BCUT2D eigenvalue weighted by Gasteiger charge is 2.36. The van der Waals surface area contributed by atoms with Crippen LogP contribution in [0.4, 0.5) is 0 Å². The summed E-state index contributed by atoms with van der Waals surface area (Å²) in [5.74, 6) is -0.0470. The fourth-order valence-corrected chi connectivity index (χ4v) is 5.87. The largest absolute Gasteiger partial charge is 0.391 e. The van der Waals surface area contributed by atoms with E-state index in [1.54, 1.807) is 0 Å². The van der Waals surface area contributed by atoms with Crippen molar-refractivity contribution in [2.75, 3.05) is 18.1 Å². The molecular weight excluding hydrogens is 294 g/mol. The van der Waals surface area contributed by atoms with Crippen LogP contribution < -0.4 is 5.32 Å². The Kier molecular flexibility index (Phi) is 5.12. The Labute approximate surface area is 124 Å². The number of hydrogen-bond donors (Lipinski definition) is 2. The zero-order valence-electron chi connectivity index (χ0n) is 11.7. The molecule has 1 aliphatic heterocycles. The van der Waals surface area contributed by atoms with E-state index >= 15 is 0 Å². The average Bonchev–Trinajstić information content (AvgIpc) is 2.63. The highest BCUT2D eigenvalue weighted by Crippen LogP contribution is 2.31. The van der Waals surface area contributed by atoms with E-state index in [4.69, 9.17) is 0 Å². The standard InChI is InChI=1S/C14H21NO3S2/c1-3-15-10(2)11-4-6-12(7-5-11)19-14-9-20(17,18)8-13(14)16/h4-7,10,13-16H,3,8-9H2,1-2H3. The lowest BCUT2D eigenvalue weighted by atomic mass is 10.1. The minimum absolute atomic E-state index is 0.0639. The Balaban J connectivity index is 2.01. The lowest BCUT2D eigenvalue weighted by molar-refractivity contribution is 0.207. The van der Waals surface area contributed by atoms with Gasteiger partial charge in [0.15, 0.2) is 9.84 Å². The molecule has 112 valence electrons. The molecule has 3 unspecified atom stereocenters. The van der Waals surface area contributed by atoms with E-state index in [1.165, 1.54) is 17.3 Å². The van der Waals surface area contributed by atoms with Crippen LogP contribution >= 0.6 is 11.8 Å². The van der Waals surface area contributed by atoms with Crippen molar-refractivity contribution in [3.63, 3.8) is 0 Å². The van der Waals surface area contributed by atoms with Crippen molar-refractivity contribution in [2.45, 2.75) is 36.1 Å². The lowest BCUT2D eigenvalue weighted by Gasteiger charge is -2.15. The summed E-state index contributed by atoms with van der Waals surface area (Å²) in [5.41, 5.74) is 1.20. The Hall–Kier alpha value is -0.560. The summed E-state index contributed by atoms with van der Waals surface area (Å²) in [6.07, 6.45) is -0.759. The molecule has 6 heteroatoms. The second-order valence-corrected chi connectivity index (χ2v) is 8.62. The Morgan fingerprint density at radius 2 is 2.00 bits per heavy atom. The molecule has 1 aromatic rings. The molecule has 2 rings (SSSR count). The molecular formula is C14H21NO3S2. The van der Waals surface area contributed by atoms with Gasteiger partial charge in [-0.25, -0.2) is 8.42 Å². The molecule has 0 amide bonds. The number of aliphatic hydroxyl groups excluding tert-OH is 1. The van der Waals surface area contributed by atoms with Crippen LogP contribution in [0.2, 0.25) is 0 Å². The second kappa shape index (κ2) is 6.47. The van der Waals surface area contributed by atoms with E-state index in [0.29, 0.717) is 6.04 Å². The summed E-state index contributed by atoms with van der Waals surface area (Å²) in [7, 11) is -3.07. The number of aliphatic hydroxyl groups is 1. The van der Waals surface area contributed by atoms with Crippen LogP contribution in [0.5, 0.6) is 0 Å². The van der Waals surface area contributed by atoms with Gasteiger partial charge in [-0.2, -0.15) is 0 Å². The van der Waals surface area contributed by atoms with Crippen molar-refractivity contribution in [2.24, 2.45) is 0 Å². The van der Waals surface area contributed by atoms with Crippen LogP contribution in [-0.2, 0) is 9.84 Å². The topological polar surface area (TPSA) is 66.4 Å². The monoisotopic (exact) mass is 315 g/mol. The SMILES string of the molecule is CCNC(C)c1ccc(SC2CS(=O)(=O)CC2O)cc1. The molecule has 0 radical (unpaired) electrons.